The maximum atomic E-state index is 12.1. The van der Waals surface area contributed by atoms with E-state index in [1.165, 1.54) is 6.07 Å². The normalized spacial score (nSPS) is 11.4. The Morgan fingerprint density at radius 1 is 1.36 bits per heavy atom. The van der Waals surface area contributed by atoms with Crippen LogP contribution in [0.4, 0.5) is 18.9 Å². The van der Waals surface area contributed by atoms with Crippen LogP contribution in [0.25, 0.3) is 0 Å². The van der Waals surface area contributed by atoms with Crippen LogP contribution in [0.2, 0.25) is 0 Å². The molecule has 3 N–H and O–H groups in total. The van der Waals surface area contributed by atoms with E-state index in [0.29, 0.717) is 18.8 Å². The number of rotatable bonds is 3. The van der Waals surface area contributed by atoms with E-state index in [-0.39, 0.29) is 0 Å². The van der Waals surface area contributed by atoms with Gasteiger partial charge in [0, 0.05) is 24.8 Å². The van der Waals surface area contributed by atoms with Crippen molar-refractivity contribution in [2.24, 2.45) is 5.73 Å². The van der Waals surface area contributed by atoms with Crippen molar-refractivity contribution >= 4 is 5.69 Å². The van der Waals surface area contributed by atoms with Gasteiger partial charge >= 0.3 is 6.18 Å². The maximum Gasteiger partial charge on any atom is 0.416 e. The van der Waals surface area contributed by atoms with E-state index in [1.807, 2.05) is 0 Å². The van der Waals surface area contributed by atoms with Gasteiger partial charge in [-0.3, -0.25) is 0 Å². The van der Waals surface area contributed by atoms with Gasteiger partial charge < -0.3 is 11.1 Å². The van der Waals surface area contributed by atoms with Gasteiger partial charge in [-0.15, -0.1) is 0 Å². The average Bonchev–Trinajstić information content (AvgIpc) is 2.14. The van der Waals surface area contributed by atoms with E-state index >= 15 is 0 Å². The van der Waals surface area contributed by atoms with Crippen LogP contribution in [0.3, 0.4) is 0 Å². The Morgan fingerprint density at radius 3 is 2.50 bits per heavy atom. The largest absolute Gasteiger partial charge is 0.416 e. The molecule has 1 radical (unpaired) electrons. The second kappa shape index (κ2) is 4.32. The van der Waals surface area contributed by atoms with Crippen molar-refractivity contribution in [1.29, 1.82) is 0 Å². The Morgan fingerprint density at radius 2 is 2.07 bits per heavy atom. The summed E-state index contributed by atoms with van der Waals surface area (Å²) in [5, 5.41) is 2.83. The number of nitrogens with two attached hydrogens (primary N) is 1. The minimum absolute atomic E-state index is 0.425. The van der Waals surface area contributed by atoms with Gasteiger partial charge in [-0.1, -0.05) is 0 Å². The van der Waals surface area contributed by atoms with Gasteiger partial charge in [-0.25, -0.2) is 0 Å². The molecule has 0 unspecified atom stereocenters. The summed E-state index contributed by atoms with van der Waals surface area (Å²) in [6.07, 6.45) is -4.30. The molecule has 0 saturated carbocycles. The number of hydrogen-bond donors (Lipinski definition) is 2. The number of halogens is 3. The van der Waals surface area contributed by atoms with Gasteiger partial charge in [0.1, 0.15) is 0 Å². The fraction of sp³-hybridized carbons (Fsp3) is 0.333. The first-order chi connectivity index (χ1) is 6.54. The Bertz CT molecular complexity index is 279. The lowest BCUT2D eigenvalue weighted by Crippen LogP contribution is -2.13. The lowest BCUT2D eigenvalue weighted by molar-refractivity contribution is -0.137. The van der Waals surface area contributed by atoms with Crippen molar-refractivity contribution in [2.75, 3.05) is 18.4 Å². The molecule has 0 fully saturated rings. The topological polar surface area (TPSA) is 38.0 Å². The van der Waals surface area contributed by atoms with E-state index < -0.39 is 11.7 Å². The van der Waals surface area contributed by atoms with Crippen molar-refractivity contribution in [3.63, 3.8) is 0 Å². The lowest BCUT2D eigenvalue weighted by atomic mass is 10.2. The summed E-state index contributed by atoms with van der Waals surface area (Å²) in [7, 11) is 0. The molecule has 1 aromatic rings. The highest BCUT2D eigenvalue weighted by atomic mass is 19.4. The summed E-state index contributed by atoms with van der Waals surface area (Å²) in [4.78, 5) is 0. The standard InChI is InChI=1S/C9H10F3N2/c10-9(11,12)7-1-3-8(4-2-7)14-6-5-13/h1-3,14H,5-6,13H2. The highest BCUT2D eigenvalue weighted by Gasteiger charge is 2.29. The molecule has 0 atom stereocenters. The maximum absolute atomic E-state index is 12.1. The van der Waals surface area contributed by atoms with E-state index in [2.05, 4.69) is 11.4 Å². The molecule has 0 saturated heterocycles. The number of hydrogen-bond acceptors (Lipinski definition) is 2. The molecule has 0 aliphatic carbocycles. The first-order valence-corrected chi connectivity index (χ1v) is 4.07. The molecule has 2 nitrogen and oxygen atoms in total. The van der Waals surface area contributed by atoms with E-state index in [9.17, 15) is 13.2 Å². The molecule has 0 spiro atoms. The molecule has 0 aliphatic rings. The van der Waals surface area contributed by atoms with Crippen LogP contribution >= 0.6 is 0 Å². The van der Waals surface area contributed by atoms with Gasteiger partial charge in [-0.05, 0) is 18.2 Å². The molecule has 1 aromatic carbocycles. The first kappa shape index (κ1) is 10.8. The molecule has 5 heteroatoms. The van der Waals surface area contributed by atoms with Crippen LogP contribution in [0, 0.1) is 6.07 Å². The number of alkyl halides is 3. The Kier molecular flexibility index (Phi) is 3.35. The van der Waals surface area contributed by atoms with E-state index in [4.69, 9.17) is 5.73 Å². The molecular formula is C9H10F3N2. The molecule has 0 aliphatic heterocycles. The van der Waals surface area contributed by atoms with Crippen LogP contribution in [-0.4, -0.2) is 13.1 Å². The lowest BCUT2D eigenvalue weighted by Gasteiger charge is -2.08. The SMILES string of the molecule is NCCNc1[c]cc(C(F)(F)F)cc1. The average molecular weight is 203 g/mol. The van der Waals surface area contributed by atoms with Crippen molar-refractivity contribution < 1.29 is 13.2 Å². The molecule has 0 heterocycles. The van der Waals surface area contributed by atoms with Crippen LogP contribution < -0.4 is 11.1 Å². The molecule has 0 amide bonds. The first-order valence-electron chi connectivity index (χ1n) is 4.07. The summed E-state index contributed by atoms with van der Waals surface area (Å²) in [5.41, 5.74) is 5.04. The number of nitrogens with one attached hydrogen (secondary N) is 1. The Labute approximate surface area is 79.9 Å². The molecule has 14 heavy (non-hydrogen) atoms. The zero-order valence-corrected chi connectivity index (χ0v) is 7.36. The van der Waals surface area contributed by atoms with Crippen molar-refractivity contribution in [3.8, 4) is 0 Å². The second-order valence-corrected chi connectivity index (χ2v) is 2.70. The van der Waals surface area contributed by atoms with Crippen LogP contribution in [-0.2, 0) is 6.18 Å². The number of benzene rings is 1. The zero-order valence-electron chi connectivity index (χ0n) is 7.36. The Balaban J connectivity index is 2.69. The predicted octanol–water partition coefficient (Wildman–Crippen LogP) is 1.88. The third-order valence-electron chi connectivity index (χ3n) is 1.60. The number of anilines is 1. The van der Waals surface area contributed by atoms with Gasteiger partial charge in [-0.2, -0.15) is 13.2 Å². The third kappa shape index (κ3) is 2.92. The Hall–Kier alpha value is -1.23. The summed E-state index contributed by atoms with van der Waals surface area (Å²) < 4.78 is 36.3. The minimum Gasteiger partial charge on any atom is -0.383 e. The second-order valence-electron chi connectivity index (χ2n) is 2.70. The molecule has 0 bridgehead atoms. The van der Waals surface area contributed by atoms with Crippen molar-refractivity contribution in [2.45, 2.75) is 6.18 Å². The van der Waals surface area contributed by atoms with Crippen molar-refractivity contribution in [1.82, 2.24) is 0 Å². The summed E-state index contributed by atoms with van der Waals surface area (Å²) in [6, 6.07) is 5.75. The molecule has 1 rings (SSSR count). The van der Waals surface area contributed by atoms with Gasteiger partial charge in [0.15, 0.2) is 0 Å². The van der Waals surface area contributed by atoms with Gasteiger partial charge in [0.2, 0.25) is 0 Å². The third-order valence-corrected chi connectivity index (χ3v) is 1.60. The predicted molar refractivity (Wildman–Crippen MR) is 47.8 cm³/mol. The van der Waals surface area contributed by atoms with Crippen LogP contribution in [0.5, 0.6) is 0 Å². The van der Waals surface area contributed by atoms with Crippen molar-refractivity contribution in [3.05, 3.63) is 29.8 Å². The summed E-state index contributed by atoms with van der Waals surface area (Å²) in [5.74, 6) is 0. The molecule has 0 aromatic heterocycles. The summed E-state index contributed by atoms with van der Waals surface area (Å²) >= 11 is 0. The van der Waals surface area contributed by atoms with Gasteiger partial charge in [0.25, 0.3) is 0 Å². The van der Waals surface area contributed by atoms with Gasteiger partial charge in [0.05, 0.1) is 5.56 Å². The quantitative estimate of drug-likeness (QED) is 0.787. The molecule has 77 valence electrons. The fourth-order valence-electron chi connectivity index (χ4n) is 0.918. The monoisotopic (exact) mass is 203 g/mol. The zero-order chi connectivity index (χ0) is 10.6. The summed E-state index contributed by atoms with van der Waals surface area (Å²) in [6.45, 7) is 0.941. The highest BCUT2D eigenvalue weighted by Crippen LogP contribution is 2.29. The van der Waals surface area contributed by atoms with E-state index in [1.54, 1.807) is 0 Å². The highest BCUT2D eigenvalue weighted by molar-refractivity contribution is 5.43. The van der Waals surface area contributed by atoms with E-state index in [0.717, 1.165) is 12.1 Å². The molecular weight excluding hydrogens is 193 g/mol. The van der Waals surface area contributed by atoms with Crippen LogP contribution in [0.15, 0.2) is 18.2 Å². The smallest absolute Gasteiger partial charge is 0.383 e. The minimum atomic E-state index is -4.30. The fourth-order valence-corrected chi connectivity index (χ4v) is 0.918. The van der Waals surface area contributed by atoms with Crippen LogP contribution in [0.1, 0.15) is 5.56 Å².